The van der Waals surface area contributed by atoms with Crippen molar-refractivity contribution in [3.8, 4) is 0 Å². The zero-order valence-corrected chi connectivity index (χ0v) is 18.2. The molecule has 2 aliphatic rings. The third kappa shape index (κ3) is 4.15. The summed E-state index contributed by atoms with van der Waals surface area (Å²) in [6, 6.07) is 11.4. The summed E-state index contributed by atoms with van der Waals surface area (Å²) in [6.07, 6.45) is 1.11. The normalized spacial score (nSPS) is 20.3. The van der Waals surface area contributed by atoms with Crippen LogP contribution in [0.5, 0.6) is 0 Å². The summed E-state index contributed by atoms with van der Waals surface area (Å²) in [5.41, 5.74) is 3.91. The Kier molecular flexibility index (Phi) is 5.25. The highest BCUT2D eigenvalue weighted by molar-refractivity contribution is 6.09. The molecule has 1 atom stereocenters. The number of aryl methyl sites for hydroxylation is 1. The topological polar surface area (TPSA) is 71.1 Å². The van der Waals surface area contributed by atoms with Gasteiger partial charge in [0.05, 0.1) is 0 Å². The highest BCUT2D eigenvalue weighted by Gasteiger charge is 2.42. The maximum absolute atomic E-state index is 13.6. The van der Waals surface area contributed by atoms with E-state index in [4.69, 9.17) is 0 Å². The first-order chi connectivity index (χ1) is 14.6. The van der Waals surface area contributed by atoms with Gasteiger partial charge < -0.3 is 10.6 Å². The number of dihydropyridines is 1. The smallest absolute Gasteiger partial charge is 0.255 e. The number of benzene rings is 1. The van der Waals surface area contributed by atoms with E-state index >= 15 is 0 Å². The van der Waals surface area contributed by atoms with Crippen LogP contribution in [0.2, 0.25) is 0 Å². The molecule has 0 bridgehead atoms. The molecule has 1 aromatic heterocycles. The van der Waals surface area contributed by atoms with Crippen LogP contribution >= 0.6 is 0 Å². The molecular formula is C25H26FN3O2. The highest BCUT2D eigenvalue weighted by Crippen LogP contribution is 2.46. The number of halogens is 1. The third-order valence-electron chi connectivity index (χ3n) is 5.82. The van der Waals surface area contributed by atoms with Gasteiger partial charge in [-0.25, -0.2) is 9.37 Å². The lowest BCUT2D eigenvalue weighted by Crippen LogP contribution is -2.39. The summed E-state index contributed by atoms with van der Waals surface area (Å²) in [7, 11) is 0. The standard InChI is InChI=1S/C25H26FN3O2/c1-14-6-5-7-20(27-14)29-24(31)21-15(2)28-18-12-25(3,4)13-19(30)23(18)22(21)16-8-10-17(26)11-9-16/h5-11,22,28H,12-13H2,1-4H3,(H,27,29,31)/t22-/m0/s1. The van der Waals surface area contributed by atoms with Gasteiger partial charge in [-0.05, 0) is 55.5 Å². The lowest BCUT2D eigenvalue weighted by atomic mass is 9.68. The summed E-state index contributed by atoms with van der Waals surface area (Å²) in [6.45, 7) is 7.82. The molecule has 0 radical (unpaired) electrons. The van der Waals surface area contributed by atoms with E-state index in [9.17, 15) is 14.0 Å². The number of anilines is 1. The van der Waals surface area contributed by atoms with Crippen molar-refractivity contribution in [1.82, 2.24) is 10.3 Å². The van der Waals surface area contributed by atoms with Gasteiger partial charge in [-0.2, -0.15) is 0 Å². The summed E-state index contributed by atoms with van der Waals surface area (Å²) in [5.74, 6) is -0.802. The number of nitrogens with zero attached hydrogens (tertiary/aromatic N) is 1. The SMILES string of the molecule is CC1=C(C(=O)Nc2cccc(C)n2)[C@H](c2ccc(F)cc2)C2=C(CC(C)(C)CC2=O)N1. The molecule has 160 valence electrons. The summed E-state index contributed by atoms with van der Waals surface area (Å²) in [5, 5.41) is 6.19. The Labute approximate surface area is 181 Å². The van der Waals surface area contributed by atoms with E-state index in [1.165, 1.54) is 12.1 Å². The van der Waals surface area contributed by atoms with Crippen LogP contribution in [0.1, 0.15) is 50.8 Å². The maximum Gasteiger partial charge on any atom is 0.255 e. The Balaban J connectivity index is 1.80. The Morgan fingerprint density at radius 2 is 1.84 bits per heavy atom. The van der Waals surface area contributed by atoms with Crippen LogP contribution < -0.4 is 10.6 Å². The van der Waals surface area contributed by atoms with Crippen LogP contribution in [0, 0.1) is 18.2 Å². The van der Waals surface area contributed by atoms with Crippen LogP contribution in [-0.4, -0.2) is 16.7 Å². The Hall–Kier alpha value is -3.28. The molecule has 0 fully saturated rings. The fraction of sp³-hybridized carbons (Fsp3) is 0.320. The summed E-state index contributed by atoms with van der Waals surface area (Å²) >= 11 is 0. The first-order valence-electron chi connectivity index (χ1n) is 10.4. The highest BCUT2D eigenvalue weighted by atomic mass is 19.1. The third-order valence-corrected chi connectivity index (χ3v) is 5.82. The van der Waals surface area contributed by atoms with E-state index in [1.807, 2.05) is 26.0 Å². The average Bonchev–Trinajstić information content (AvgIpc) is 2.66. The van der Waals surface area contributed by atoms with Crippen LogP contribution in [0.25, 0.3) is 0 Å². The number of hydrogen-bond acceptors (Lipinski definition) is 4. The van der Waals surface area contributed by atoms with Crippen LogP contribution in [0.3, 0.4) is 0 Å². The van der Waals surface area contributed by atoms with Crippen LogP contribution in [0.4, 0.5) is 10.2 Å². The van der Waals surface area contributed by atoms with Gasteiger partial charge in [-0.1, -0.05) is 32.0 Å². The van der Waals surface area contributed by atoms with Crippen molar-refractivity contribution in [2.24, 2.45) is 5.41 Å². The number of carbonyl (C=O) groups excluding carboxylic acids is 2. The van der Waals surface area contributed by atoms with Gasteiger partial charge in [0, 0.05) is 40.6 Å². The number of aromatic nitrogens is 1. The second-order valence-corrected chi connectivity index (χ2v) is 9.10. The largest absolute Gasteiger partial charge is 0.362 e. The van der Waals surface area contributed by atoms with Crippen LogP contribution in [0.15, 0.2) is 65.0 Å². The Morgan fingerprint density at radius 3 is 2.52 bits per heavy atom. The zero-order valence-electron chi connectivity index (χ0n) is 18.2. The van der Waals surface area contributed by atoms with Gasteiger partial charge in [-0.3, -0.25) is 9.59 Å². The van der Waals surface area contributed by atoms with E-state index in [0.717, 1.165) is 11.4 Å². The second kappa shape index (κ2) is 7.76. The lowest BCUT2D eigenvalue weighted by Gasteiger charge is -2.39. The zero-order chi connectivity index (χ0) is 22.3. The predicted octanol–water partition coefficient (Wildman–Crippen LogP) is 4.77. The fourth-order valence-corrected chi connectivity index (χ4v) is 4.52. The molecule has 5 nitrogen and oxygen atoms in total. The first-order valence-corrected chi connectivity index (χ1v) is 10.4. The number of amides is 1. The Morgan fingerprint density at radius 1 is 1.13 bits per heavy atom. The van der Waals surface area contributed by atoms with Crippen molar-refractivity contribution < 1.29 is 14.0 Å². The van der Waals surface area contributed by atoms with Gasteiger partial charge in [0.2, 0.25) is 0 Å². The number of allylic oxidation sites excluding steroid dienone is 3. The minimum atomic E-state index is -0.565. The summed E-state index contributed by atoms with van der Waals surface area (Å²) < 4.78 is 13.6. The molecule has 4 rings (SSSR count). The molecule has 6 heteroatoms. The number of Topliss-reactive ketones (excluding diaryl/α,β-unsaturated/α-hetero) is 1. The minimum Gasteiger partial charge on any atom is -0.362 e. The molecule has 1 aliphatic carbocycles. The number of ketones is 1. The maximum atomic E-state index is 13.6. The molecule has 0 spiro atoms. The molecular weight excluding hydrogens is 393 g/mol. The molecule has 2 aromatic rings. The number of pyridine rings is 1. The molecule has 31 heavy (non-hydrogen) atoms. The van der Waals surface area contributed by atoms with Gasteiger partial charge in [0.15, 0.2) is 5.78 Å². The van der Waals surface area contributed by atoms with Gasteiger partial charge in [-0.15, -0.1) is 0 Å². The number of carbonyl (C=O) groups is 2. The molecule has 0 saturated heterocycles. The summed E-state index contributed by atoms with van der Waals surface area (Å²) in [4.78, 5) is 31.0. The van der Waals surface area contributed by atoms with E-state index in [1.54, 1.807) is 18.2 Å². The molecule has 0 saturated carbocycles. The molecule has 0 unspecified atom stereocenters. The predicted molar refractivity (Wildman–Crippen MR) is 118 cm³/mol. The van der Waals surface area contributed by atoms with Gasteiger partial charge in [0.25, 0.3) is 5.91 Å². The number of hydrogen-bond donors (Lipinski definition) is 2. The molecule has 2 N–H and O–H groups in total. The van der Waals surface area contributed by atoms with Gasteiger partial charge in [0.1, 0.15) is 11.6 Å². The van der Waals surface area contributed by atoms with Crippen molar-refractivity contribution in [2.45, 2.75) is 46.5 Å². The van der Waals surface area contributed by atoms with E-state index < -0.39 is 5.92 Å². The van der Waals surface area contributed by atoms with Crippen molar-refractivity contribution in [3.63, 3.8) is 0 Å². The van der Waals surface area contributed by atoms with E-state index in [2.05, 4.69) is 29.5 Å². The molecule has 1 aliphatic heterocycles. The first kappa shape index (κ1) is 21.0. The van der Waals surface area contributed by atoms with Crippen molar-refractivity contribution in [3.05, 3.63) is 82.1 Å². The average molecular weight is 420 g/mol. The second-order valence-electron chi connectivity index (χ2n) is 9.10. The number of rotatable bonds is 3. The monoisotopic (exact) mass is 419 g/mol. The molecule has 2 heterocycles. The molecule has 1 amide bonds. The Bertz CT molecular complexity index is 1130. The van der Waals surface area contributed by atoms with E-state index in [0.29, 0.717) is 41.1 Å². The van der Waals surface area contributed by atoms with Crippen molar-refractivity contribution in [2.75, 3.05) is 5.32 Å². The fourth-order valence-electron chi connectivity index (χ4n) is 4.52. The van der Waals surface area contributed by atoms with Crippen molar-refractivity contribution in [1.29, 1.82) is 0 Å². The minimum absolute atomic E-state index is 0.0135. The van der Waals surface area contributed by atoms with Crippen LogP contribution in [-0.2, 0) is 9.59 Å². The lowest BCUT2D eigenvalue weighted by molar-refractivity contribution is -0.118. The quantitative estimate of drug-likeness (QED) is 0.752. The van der Waals surface area contributed by atoms with E-state index in [-0.39, 0.29) is 22.9 Å². The van der Waals surface area contributed by atoms with Gasteiger partial charge >= 0.3 is 0 Å². The molecule has 1 aromatic carbocycles. The number of nitrogens with one attached hydrogen (secondary N) is 2. The van der Waals surface area contributed by atoms with Crippen molar-refractivity contribution >= 4 is 17.5 Å².